The minimum absolute atomic E-state index is 0.727. The van der Waals surface area contributed by atoms with Crippen molar-refractivity contribution in [3.8, 4) is 0 Å². The van der Waals surface area contributed by atoms with Gasteiger partial charge in [0.05, 0.1) is 0 Å². The first-order valence-electron chi connectivity index (χ1n) is 4.13. The number of hydrogen-bond donors (Lipinski definition) is 1. The molecule has 0 bridgehead atoms. The second-order valence-electron chi connectivity index (χ2n) is 3.23. The van der Waals surface area contributed by atoms with Crippen LogP contribution in [-0.4, -0.2) is 5.97 Å². The molecule has 1 aromatic rings. The van der Waals surface area contributed by atoms with Crippen LogP contribution in [0.3, 0.4) is 0 Å². The van der Waals surface area contributed by atoms with Crippen LogP contribution in [0.2, 0.25) is 0 Å². The number of rotatable bonds is 2. The summed E-state index contributed by atoms with van der Waals surface area (Å²) in [6, 6.07) is 4.83. The third-order valence-corrected chi connectivity index (χ3v) is 2.09. The Morgan fingerprint density at radius 2 is 2.08 bits per heavy atom. The van der Waals surface area contributed by atoms with Crippen LogP contribution in [0, 0.1) is 13.8 Å². The lowest BCUT2D eigenvalue weighted by molar-refractivity contribution is -0.443. The molecule has 0 saturated carbocycles. The molecule has 3 N–H and O–H groups in total. The largest absolute Gasteiger partial charge is 0.544 e. The number of carbonyl (C=O) groups is 1. The predicted molar refractivity (Wildman–Crippen MR) is 46.6 cm³/mol. The number of carbonyl (C=O) groups excluding carboxylic acids is 1. The van der Waals surface area contributed by atoms with E-state index >= 15 is 0 Å². The fraction of sp³-hybridized carbons (Fsp3) is 0.300. The minimum Gasteiger partial charge on any atom is -0.544 e. The van der Waals surface area contributed by atoms with Crippen molar-refractivity contribution in [2.24, 2.45) is 0 Å². The van der Waals surface area contributed by atoms with Gasteiger partial charge in [0.2, 0.25) is 0 Å². The van der Waals surface area contributed by atoms with Gasteiger partial charge in [-0.25, -0.2) is 0 Å². The van der Waals surface area contributed by atoms with Crippen molar-refractivity contribution in [2.45, 2.75) is 19.9 Å². The summed E-state index contributed by atoms with van der Waals surface area (Å²) in [6.07, 6.45) is 0. The van der Waals surface area contributed by atoms with E-state index in [2.05, 4.69) is 5.73 Å². The molecule has 0 aromatic heterocycles. The molecule has 70 valence electrons. The molecule has 1 rings (SSSR count). The van der Waals surface area contributed by atoms with Gasteiger partial charge in [-0.2, -0.15) is 0 Å². The Morgan fingerprint density at radius 1 is 1.46 bits per heavy atom. The van der Waals surface area contributed by atoms with Crippen LogP contribution in [0.5, 0.6) is 0 Å². The SMILES string of the molecule is Cc1ccc([C@@H]([NH3+])C(=O)[O-])c(C)c1. The smallest absolute Gasteiger partial charge is 0.150 e. The Hall–Kier alpha value is -1.35. The molecule has 3 heteroatoms. The molecule has 0 amide bonds. The van der Waals surface area contributed by atoms with Crippen LogP contribution in [-0.2, 0) is 4.79 Å². The summed E-state index contributed by atoms with van der Waals surface area (Å²) >= 11 is 0. The van der Waals surface area contributed by atoms with Crippen LogP contribution >= 0.6 is 0 Å². The van der Waals surface area contributed by atoms with Gasteiger partial charge in [0.15, 0.2) is 6.04 Å². The second kappa shape index (κ2) is 3.58. The van der Waals surface area contributed by atoms with E-state index < -0.39 is 12.0 Å². The molecule has 1 aromatic carbocycles. The average molecular weight is 179 g/mol. The molecule has 0 aliphatic rings. The summed E-state index contributed by atoms with van der Waals surface area (Å²) in [7, 11) is 0. The highest BCUT2D eigenvalue weighted by molar-refractivity contribution is 5.72. The zero-order valence-corrected chi connectivity index (χ0v) is 7.83. The van der Waals surface area contributed by atoms with E-state index in [9.17, 15) is 9.90 Å². The van der Waals surface area contributed by atoms with Gasteiger partial charge in [0.25, 0.3) is 0 Å². The zero-order valence-electron chi connectivity index (χ0n) is 7.83. The lowest BCUT2D eigenvalue weighted by atomic mass is 10.00. The van der Waals surface area contributed by atoms with Crippen molar-refractivity contribution in [1.82, 2.24) is 0 Å². The molecule has 0 radical (unpaired) electrons. The number of hydrogen-bond acceptors (Lipinski definition) is 2. The Balaban J connectivity index is 3.08. The maximum atomic E-state index is 10.6. The molecular weight excluding hydrogens is 166 g/mol. The van der Waals surface area contributed by atoms with Gasteiger partial charge in [-0.3, -0.25) is 0 Å². The van der Waals surface area contributed by atoms with Gasteiger partial charge in [0.1, 0.15) is 5.97 Å². The Morgan fingerprint density at radius 3 is 2.54 bits per heavy atom. The van der Waals surface area contributed by atoms with Gasteiger partial charge in [-0.05, 0) is 19.4 Å². The maximum Gasteiger partial charge on any atom is 0.150 e. The molecule has 0 heterocycles. The fourth-order valence-corrected chi connectivity index (χ4v) is 1.34. The molecule has 0 saturated heterocycles. The van der Waals surface area contributed by atoms with Crippen molar-refractivity contribution in [1.29, 1.82) is 0 Å². The van der Waals surface area contributed by atoms with Crippen molar-refractivity contribution >= 4 is 5.97 Å². The number of aryl methyl sites for hydroxylation is 2. The molecular formula is C10H13NO2. The van der Waals surface area contributed by atoms with E-state index in [0.29, 0.717) is 0 Å². The van der Waals surface area contributed by atoms with E-state index in [4.69, 9.17) is 0 Å². The van der Waals surface area contributed by atoms with Crippen LogP contribution in [0.25, 0.3) is 0 Å². The fourth-order valence-electron chi connectivity index (χ4n) is 1.34. The molecule has 13 heavy (non-hydrogen) atoms. The first kappa shape index (κ1) is 9.74. The lowest BCUT2D eigenvalue weighted by Crippen LogP contribution is -2.61. The Labute approximate surface area is 77.2 Å². The highest BCUT2D eigenvalue weighted by atomic mass is 16.4. The van der Waals surface area contributed by atoms with E-state index in [1.54, 1.807) is 6.07 Å². The normalized spacial score (nSPS) is 12.5. The standard InChI is InChI=1S/C10H13NO2/c1-6-3-4-8(7(2)5-6)9(11)10(12)13/h3-5,9H,11H2,1-2H3,(H,12,13)/t9-/m1/s1. The summed E-state index contributed by atoms with van der Waals surface area (Å²) in [5, 5.41) is 10.6. The van der Waals surface area contributed by atoms with E-state index in [0.717, 1.165) is 16.7 Å². The summed E-state index contributed by atoms with van der Waals surface area (Å²) in [5.74, 6) is -1.13. The van der Waals surface area contributed by atoms with Crippen molar-refractivity contribution < 1.29 is 15.6 Å². The van der Waals surface area contributed by atoms with E-state index in [1.807, 2.05) is 26.0 Å². The van der Waals surface area contributed by atoms with E-state index in [-0.39, 0.29) is 0 Å². The number of aliphatic carboxylic acids is 1. The summed E-state index contributed by atoms with van der Waals surface area (Å²) in [4.78, 5) is 10.6. The highest BCUT2D eigenvalue weighted by Crippen LogP contribution is 2.15. The quantitative estimate of drug-likeness (QED) is 0.654. The Kier molecular flexibility index (Phi) is 2.68. The molecule has 1 atom stereocenters. The Bertz CT molecular complexity index is 334. The van der Waals surface area contributed by atoms with Gasteiger partial charge in [0, 0.05) is 5.56 Å². The van der Waals surface area contributed by atoms with Crippen LogP contribution in [0.1, 0.15) is 22.7 Å². The lowest BCUT2D eigenvalue weighted by Gasteiger charge is -2.12. The number of quaternary nitrogens is 1. The van der Waals surface area contributed by atoms with Gasteiger partial charge in [-0.1, -0.05) is 23.8 Å². The van der Waals surface area contributed by atoms with Crippen molar-refractivity contribution in [3.05, 3.63) is 34.9 Å². The number of benzene rings is 1. The number of carboxylic acid groups (broad SMARTS) is 1. The van der Waals surface area contributed by atoms with Gasteiger partial charge in [-0.15, -0.1) is 0 Å². The van der Waals surface area contributed by atoms with Gasteiger partial charge < -0.3 is 15.6 Å². The van der Waals surface area contributed by atoms with Crippen LogP contribution in [0.15, 0.2) is 18.2 Å². The second-order valence-corrected chi connectivity index (χ2v) is 3.23. The first-order chi connectivity index (χ1) is 6.02. The zero-order chi connectivity index (χ0) is 10.0. The topological polar surface area (TPSA) is 67.8 Å². The molecule has 0 aliphatic heterocycles. The van der Waals surface area contributed by atoms with Gasteiger partial charge >= 0.3 is 0 Å². The summed E-state index contributed by atoms with van der Waals surface area (Å²) in [5.41, 5.74) is 6.33. The third-order valence-electron chi connectivity index (χ3n) is 2.09. The number of carboxylic acids is 1. The minimum atomic E-state index is -1.13. The predicted octanol–water partition coefficient (Wildman–Crippen LogP) is -0.664. The monoisotopic (exact) mass is 179 g/mol. The molecule has 0 fully saturated rings. The van der Waals surface area contributed by atoms with Crippen molar-refractivity contribution in [2.75, 3.05) is 0 Å². The average Bonchev–Trinajstić information content (AvgIpc) is 2.03. The molecule has 3 nitrogen and oxygen atoms in total. The molecule has 0 aliphatic carbocycles. The first-order valence-corrected chi connectivity index (χ1v) is 4.13. The summed E-state index contributed by atoms with van der Waals surface area (Å²) < 4.78 is 0. The van der Waals surface area contributed by atoms with E-state index in [1.165, 1.54) is 0 Å². The molecule has 0 spiro atoms. The maximum absolute atomic E-state index is 10.6. The van der Waals surface area contributed by atoms with Crippen LogP contribution in [0.4, 0.5) is 0 Å². The summed E-state index contributed by atoms with van der Waals surface area (Å²) in [6.45, 7) is 3.84. The molecule has 0 unspecified atom stereocenters. The van der Waals surface area contributed by atoms with Crippen molar-refractivity contribution in [3.63, 3.8) is 0 Å². The van der Waals surface area contributed by atoms with Crippen LogP contribution < -0.4 is 10.8 Å². The highest BCUT2D eigenvalue weighted by Gasteiger charge is 2.12. The third kappa shape index (κ3) is 2.06.